The molecule has 0 radical (unpaired) electrons. The fourth-order valence-corrected chi connectivity index (χ4v) is 5.64. The van der Waals surface area contributed by atoms with Crippen molar-refractivity contribution in [1.82, 2.24) is 15.0 Å². The zero-order valence-electron chi connectivity index (χ0n) is 15.4. The highest BCUT2D eigenvalue weighted by Crippen LogP contribution is 2.40. The number of aliphatic hydroxyl groups excluding tert-OH is 3. The molecular weight excluding hydrogens is 479 g/mol. The Bertz CT molecular complexity index is 1060. The zero-order valence-corrected chi connectivity index (χ0v) is 17.8. The number of ether oxygens (including phenoxy) is 1. The summed E-state index contributed by atoms with van der Waals surface area (Å²) in [5.41, 5.74) is -0.955. The molecule has 0 bridgehead atoms. The van der Waals surface area contributed by atoms with E-state index in [9.17, 15) is 28.5 Å². The molecule has 1 saturated heterocycles. The molecule has 0 spiro atoms. The third kappa shape index (κ3) is 4.46. The molecule has 0 amide bonds. The van der Waals surface area contributed by atoms with Crippen LogP contribution in [0.4, 0.5) is 13.2 Å². The molecule has 166 valence electrons. The van der Waals surface area contributed by atoms with Gasteiger partial charge in [-0.3, -0.25) is 0 Å². The molecule has 1 aromatic carbocycles. The maximum absolute atomic E-state index is 13.6. The van der Waals surface area contributed by atoms with Gasteiger partial charge in [-0.05, 0) is 18.2 Å². The van der Waals surface area contributed by atoms with Crippen LogP contribution >= 0.6 is 34.7 Å². The van der Waals surface area contributed by atoms with Crippen LogP contribution in [-0.4, -0.2) is 60.7 Å². The van der Waals surface area contributed by atoms with Crippen molar-refractivity contribution >= 4 is 34.7 Å². The number of aromatic nitrogens is 3. The first-order valence-electron chi connectivity index (χ1n) is 8.88. The normalized spacial score (nSPS) is 26.4. The lowest BCUT2D eigenvalue weighted by atomic mass is 9.97. The van der Waals surface area contributed by atoms with E-state index in [1.807, 2.05) is 0 Å². The molecule has 13 heteroatoms. The van der Waals surface area contributed by atoms with Crippen LogP contribution in [0.2, 0.25) is 5.02 Å². The molecule has 7 nitrogen and oxygen atoms in total. The predicted molar refractivity (Wildman–Crippen MR) is 107 cm³/mol. The quantitative estimate of drug-likeness (QED) is 0.470. The fraction of sp³-hybridized carbons (Fsp3) is 0.333. The van der Waals surface area contributed by atoms with Crippen molar-refractivity contribution in [3.63, 3.8) is 0 Å². The Kier molecular flexibility index (Phi) is 6.58. The third-order valence-corrected chi connectivity index (χ3v) is 7.34. The molecule has 3 N–H and O–H groups in total. The molecule has 0 aliphatic carbocycles. The van der Waals surface area contributed by atoms with Crippen LogP contribution in [-0.2, 0) is 4.74 Å². The van der Waals surface area contributed by atoms with Gasteiger partial charge in [0.2, 0.25) is 0 Å². The lowest BCUT2D eigenvalue weighted by Crippen LogP contribution is -2.55. The van der Waals surface area contributed by atoms with E-state index in [2.05, 4.69) is 10.3 Å². The summed E-state index contributed by atoms with van der Waals surface area (Å²) in [6.45, 7) is -0.525. The van der Waals surface area contributed by atoms with E-state index in [0.717, 1.165) is 32.8 Å². The van der Waals surface area contributed by atoms with Gasteiger partial charge in [-0.25, -0.2) is 17.9 Å². The number of nitrogens with zero attached hydrogens (tertiary/aromatic N) is 3. The molecule has 0 saturated carbocycles. The molecule has 3 heterocycles. The summed E-state index contributed by atoms with van der Waals surface area (Å²) in [5, 5.41) is 41.0. The summed E-state index contributed by atoms with van der Waals surface area (Å²) in [4.78, 5) is 0. The summed E-state index contributed by atoms with van der Waals surface area (Å²) in [5.74, 6) is -4.38. The summed E-state index contributed by atoms with van der Waals surface area (Å²) < 4.78 is 47.9. The lowest BCUT2D eigenvalue weighted by Gasteiger charge is -2.41. The van der Waals surface area contributed by atoms with E-state index >= 15 is 0 Å². The summed E-state index contributed by atoms with van der Waals surface area (Å²) in [7, 11) is 0. The Morgan fingerprint density at radius 1 is 1.16 bits per heavy atom. The molecular formula is C18H15ClF3N3O4S2. The largest absolute Gasteiger partial charge is 0.394 e. The number of hydrogen-bond donors (Lipinski definition) is 3. The smallest absolute Gasteiger partial charge is 0.194 e. The Morgan fingerprint density at radius 2 is 1.87 bits per heavy atom. The van der Waals surface area contributed by atoms with Crippen LogP contribution in [0.1, 0.15) is 6.04 Å². The number of hydrogen-bond acceptors (Lipinski definition) is 8. The molecule has 5 atom stereocenters. The highest BCUT2D eigenvalue weighted by atomic mass is 35.5. The minimum atomic E-state index is -1.61. The van der Waals surface area contributed by atoms with Gasteiger partial charge >= 0.3 is 0 Å². The van der Waals surface area contributed by atoms with Crippen molar-refractivity contribution in [3.05, 3.63) is 52.3 Å². The van der Waals surface area contributed by atoms with Gasteiger partial charge in [-0.15, -0.1) is 16.4 Å². The first kappa shape index (κ1) is 22.5. The van der Waals surface area contributed by atoms with Crippen LogP contribution in [0.5, 0.6) is 0 Å². The van der Waals surface area contributed by atoms with Crippen molar-refractivity contribution in [2.24, 2.45) is 0 Å². The minimum Gasteiger partial charge on any atom is -0.394 e. The summed E-state index contributed by atoms with van der Waals surface area (Å²) in [6.07, 6.45) is -2.43. The number of benzene rings is 1. The van der Waals surface area contributed by atoms with Gasteiger partial charge in [0.15, 0.2) is 17.5 Å². The number of rotatable bonds is 5. The second-order valence-corrected chi connectivity index (χ2v) is 9.48. The second-order valence-electron chi connectivity index (χ2n) is 6.74. The Hall–Kier alpha value is -1.67. The molecule has 1 fully saturated rings. The summed E-state index contributed by atoms with van der Waals surface area (Å²) >= 11 is 8.42. The van der Waals surface area contributed by atoms with Gasteiger partial charge in [0.05, 0.1) is 22.0 Å². The highest BCUT2D eigenvalue weighted by molar-refractivity contribution is 8.01. The van der Waals surface area contributed by atoms with Gasteiger partial charge in [0.25, 0.3) is 0 Å². The van der Waals surface area contributed by atoms with Gasteiger partial charge in [0.1, 0.15) is 35.5 Å². The Labute approximate surface area is 187 Å². The number of thiophene rings is 1. The molecule has 1 aliphatic rings. The molecule has 3 aromatic rings. The van der Waals surface area contributed by atoms with Crippen molar-refractivity contribution in [3.8, 4) is 11.3 Å². The molecule has 31 heavy (non-hydrogen) atoms. The number of halogens is 4. The highest BCUT2D eigenvalue weighted by Gasteiger charge is 2.46. The lowest BCUT2D eigenvalue weighted by molar-refractivity contribution is -0.178. The number of thioether (sulfide) groups is 1. The summed E-state index contributed by atoms with van der Waals surface area (Å²) in [6, 6.07) is 2.13. The van der Waals surface area contributed by atoms with Crippen LogP contribution in [0.3, 0.4) is 0 Å². The maximum Gasteiger partial charge on any atom is 0.194 e. The van der Waals surface area contributed by atoms with Crippen LogP contribution in [0.25, 0.3) is 11.3 Å². The first-order chi connectivity index (χ1) is 14.8. The van der Waals surface area contributed by atoms with Crippen molar-refractivity contribution < 1.29 is 33.2 Å². The first-order valence-corrected chi connectivity index (χ1v) is 11.0. The van der Waals surface area contributed by atoms with Crippen LogP contribution < -0.4 is 0 Å². The minimum absolute atomic E-state index is 0.00141. The molecule has 4 rings (SSSR count). The molecule has 1 aliphatic heterocycles. The Morgan fingerprint density at radius 3 is 2.48 bits per heavy atom. The predicted octanol–water partition coefficient (Wildman–Crippen LogP) is 2.85. The molecule has 2 aromatic heterocycles. The van der Waals surface area contributed by atoms with Crippen molar-refractivity contribution in [2.75, 3.05) is 6.61 Å². The van der Waals surface area contributed by atoms with Gasteiger partial charge in [0, 0.05) is 10.9 Å². The fourth-order valence-electron chi connectivity index (χ4n) is 3.21. The van der Waals surface area contributed by atoms with Crippen molar-refractivity contribution in [1.29, 1.82) is 0 Å². The van der Waals surface area contributed by atoms with E-state index in [-0.39, 0.29) is 11.3 Å². The van der Waals surface area contributed by atoms with Gasteiger partial charge in [-0.1, -0.05) is 28.6 Å². The molecule has 2 unspecified atom stereocenters. The van der Waals surface area contributed by atoms with E-state index in [4.69, 9.17) is 16.3 Å². The topological polar surface area (TPSA) is 101 Å². The van der Waals surface area contributed by atoms with Crippen LogP contribution in [0, 0.1) is 17.5 Å². The van der Waals surface area contributed by atoms with E-state index in [0.29, 0.717) is 5.02 Å². The van der Waals surface area contributed by atoms with Crippen molar-refractivity contribution in [2.45, 2.75) is 34.0 Å². The number of aliphatic hydroxyl groups is 3. The average molecular weight is 494 g/mol. The Balaban J connectivity index is 1.63. The third-order valence-electron chi connectivity index (χ3n) is 4.72. The van der Waals surface area contributed by atoms with Gasteiger partial charge < -0.3 is 20.1 Å². The van der Waals surface area contributed by atoms with E-state index in [1.54, 1.807) is 11.4 Å². The monoisotopic (exact) mass is 493 g/mol. The van der Waals surface area contributed by atoms with E-state index in [1.165, 1.54) is 17.5 Å². The maximum atomic E-state index is 13.6. The zero-order chi connectivity index (χ0) is 22.3. The second kappa shape index (κ2) is 9.06. The standard InChI is InChI=1S/C18H15ClF3N3O4S2/c19-8-3-13(30-6-8)31-18-17(28)15(16(27)12(5-26)29-18)25-4-11(23-24-25)7-1-9(20)14(22)10(21)2-7/h1-4,6,12,15-18,26-28H,5H2/t12?,15-,16-,17?,18+/m0/s1. The SMILES string of the molecule is OCC1O[C@H](Sc2cc(Cl)cs2)C(O)[C@@H](n2cc(-c3cc(F)c(F)c(F)c3)nn2)[C@H]1O. The van der Waals surface area contributed by atoms with E-state index < -0.39 is 53.8 Å². The average Bonchev–Trinajstić information content (AvgIpc) is 3.37. The van der Waals surface area contributed by atoms with Gasteiger partial charge in [-0.2, -0.15) is 0 Å². The van der Waals surface area contributed by atoms with Crippen LogP contribution in [0.15, 0.2) is 34.0 Å².